The number of hydrogen-bond donors (Lipinski definition) is 2. The quantitative estimate of drug-likeness (QED) is 0.730. The molecule has 0 aliphatic carbocycles. The molecular formula is C17H18N2O3. The molecule has 1 atom stereocenters. The third kappa shape index (κ3) is 2.76. The summed E-state index contributed by atoms with van der Waals surface area (Å²) in [6.07, 6.45) is 3.93. The number of methoxy groups -OCH3 is 1. The standard InChI is InChI=1S/C17H18N2O3/c1-21-16-5-2-4-12-13(7-9-18-17(12)16)19-14(8-10-20)15-6-3-11-22-15/h2-7,9,11,14,20H,8,10H2,1H3,(H,18,19). The lowest BCUT2D eigenvalue weighted by atomic mass is 10.1. The van der Waals surface area contributed by atoms with E-state index in [9.17, 15) is 5.11 Å². The van der Waals surface area contributed by atoms with Crippen LogP contribution in [-0.4, -0.2) is 23.8 Å². The van der Waals surface area contributed by atoms with Gasteiger partial charge in [0.25, 0.3) is 0 Å². The molecule has 2 N–H and O–H groups in total. The van der Waals surface area contributed by atoms with Crippen molar-refractivity contribution in [2.45, 2.75) is 12.5 Å². The first-order valence-electron chi connectivity index (χ1n) is 7.16. The van der Waals surface area contributed by atoms with E-state index in [1.807, 2.05) is 36.4 Å². The summed E-state index contributed by atoms with van der Waals surface area (Å²) < 4.78 is 10.8. The molecule has 3 aromatic rings. The van der Waals surface area contributed by atoms with Gasteiger partial charge in [0, 0.05) is 23.9 Å². The zero-order chi connectivity index (χ0) is 15.4. The molecule has 5 nitrogen and oxygen atoms in total. The van der Waals surface area contributed by atoms with Crippen LogP contribution in [0, 0.1) is 0 Å². The van der Waals surface area contributed by atoms with Gasteiger partial charge >= 0.3 is 0 Å². The lowest BCUT2D eigenvalue weighted by Crippen LogP contribution is -2.12. The first-order valence-corrected chi connectivity index (χ1v) is 7.16. The number of fused-ring (bicyclic) bond motifs is 1. The highest BCUT2D eigenvalue weighted by Gasteiger charge is 2.15. The maximum atomic E-state index is 9.29. The van der Waals surface area contributed by atoms with Crippen molar-refractivity contribution < 1.29 is 14.3 Å². The monoisotopic (exact) mass is 298 g/mol. The Morgan fingerprint density at radius 2 is 2.18 bits per heavy atom. The summed E-state index contributed by atoms with van der Waals surface area (Å²) in [5, 5.41) is 13.7. The average Bonchev–Trinajstić information content (AvgIpc) is 3.08. The number of rotatable bonds is 6. The van der Waals surface area contributed by atoms with Gasteiger partial charge in [-0.25, -0.2) is 0 Å². The zero-order valence-electron chi connectivity index (χ0n) is 12.3. The summed E-state index contributed by atoms with van der Waals surface area (Å²) in [5.41, 5.74) is 1.73. The van der Waals surface area contributed by atoms with Crippen molar-refractivity contribution in [3.05, 3.63) is 54.6 Å². The summed E-state index contributed by atoms with van der Waals surface area (Å²) in [6.45, 7) is 0.0741. The van der Waals surface area contributed by atoms with Crippen molar-refractivity contribution in [1.82, 2.24) is 4.98 Å². The first kappa shape index (κ1) is 14.4. The van der Waals surface area contributed by atoms with E-state index in [1.165, 1.54) is 0 Å². The Labute approximate surface area is 128 Å². The average molecular weight is 298 g/mol. The van der Waals surface area contributed by atoms with E-state index >= 15 is 0 Å². The molecule has 22 heavy (non-hydrogen) atoms. The van der Waals surface area contributed by atoms with E-state index in [0.717, 1.165) is 28.1 Å². The Kier molecular flexibility index (Phi) is 4.25. The molecule has 2 aromatic heterocycles. The molecule has 0 saturated heterocycles. The second kappa shape index (κ2) is 6.49. The molecule has 1 unspecified atom stereocenters. The summed E-state index contributed by atoms with van der Waals surface area (Å²) >= 11 is 0. The van der Waals surface area contributed by atoms with E-state index < -0.39 is 0 Å². The van der Waals surface area contributed by atoms with Gasteiger partial charge in [-0.1, -0.05) is 12.1 Å². The van der Waals surface area contributed by atoms with E-state index in [4.69, 9.17) is 9.15 Å². The van der Waals surface area contributed by atoms with Gasteiger partial charge in [-0.3, -0.25) is 4.98 Å². The van der Waals surface area contributed by atoms with Crippen LogP contribution in [0.1, 0.15) is 18.2 Å². The molecule has 3 rings (SSSR count). The fourth-order valence-electron chi connectivity index (χ4n) is 2.53. The van der Waals surface area contributed by atoms with Gasteiger partial charge < -0.3 is 19.6 Å². The third-order valence-corrected chi connectivity index (χ3v) is 3.59. The molecule has 5 heteroatoms. The molecule has 0 aliphatic heterocycles. The lowest BCUT2D eigenvalue weighted by Gasteiger charge is -2.18. The van der Waals surface area contributed by atoms with Gasteiger partial charge in [0.1, 0.15) is 17.0 Å². The van der Waals surface area contributed by atoms with Crippen molar-refractivity contribution in [3.8, 4) is 5.75 Å². The second-order valence-electron chi connectivity index (χ2n) is 4.94. The molecule has 0 saturated carbocycles. The van der Waals surface area contributed by atoms with Crippen LogP contribution in [-0.2, 0) is 0 Å². The van der Waals surface area contributed by atoms with Crippen LogP contribution in [0.3, 0.4) is 0 Å². The second-order valence-corrected chi connectivity index (χ2v) is 4.94. The van der Waals surface area contributed by atoms with E-state index in [1.54, 1.807) is 19.6 Å². The normalized spacial score (nSPS) is 12.3. The highest BCUT2D eigenvalue weighted by Crippen LogP contribution is 2.31. The van der Waals surface area contributed by atoms with Crippen LogP contribution < -0.4 is 10.1 Å². The minimum Gasteiger partial charge on any atom is -0.494 e. The fourth-order valence-corrected chi connectivity index (χ4v) is 2.53. The largest absolute Gasteiger partial charge is 0.494 e. The van der Waals surface area contributed by atoms with Crippen LogP contribution >= 0.6 is 0 Å². The van der Waals surface area contributed by atoms with Crippen LogP contribution in [0.2, 0.25) is 0 Å². The highest BCUT2D eigenvalue weighted by atomic mass is 16.5. The number of aliphatic hydroxyl groups excluding tert-OH is 1. The molecule has 1 aromatic carbocycles. The van der Waals surface area contributed by atoms with Crippen molar-refractivity contribution in [2.24, 2.45) is 0 Å². The molecule has 0 bridgehead atoms. The molecule has 0 radical (unpaired) electrons. The number of pyridine rings is 1. The van der Waals surface area contributed by atoms with Gasteiger partial charge in [0.05, 0.1) is 19.4 Å². The van der Waals surface area contributed by atoms with Crippen molar-refractivity contribution in [2.75, 3.05) is 19.0 Å². The van der Waals surface area contributed by atoms with Crippen LogP contribution in [0.5, 0.6) is 5.75 Å². The predicted octanol–water partition coefficient (Wildman–Crippen LogP) is 3.37. The van der Waals surface area contributed by atoms with Crippen LogP contribution in [0.15, 0.2) is 53.3 Å². The molecule has 0 amide bonds. The topological polar surface area (TPSA) is 67.5 Å². The van der Waals surface area contributed by atoms with E-state index in [2.05, 4.69) is 10.3 Å². The number of ether oxygens (including phenoxy) is 1. The number of nitrogens with one attached hydrogen (secondary N) is 1. The number of furan rings is 1. The van der Waals surface area contributed by atoms with Crippen LogP contribution in [0.25, 0.3) is 10.9 Å². The number of benzene rings is 1. The molecule has 0 spiro atoms. The van der Waals surface area contributed by atoms with E-state index in [0.29, 0.717) is 6.42 Å². The minimum atomic E-state index is -0.100. The predicted molar refractivity (Wildman–Crippen MR) is 85.1 cm³/mol. The Balaban J connectivity index is 1.99. The number of aliphatic hydroxyl groups is 1. The number of para-hydroxylation sites is 1. The maximum absolute atomic E-state index is 9.29. The van der Waals surface area contributed by atoms with Gasteiger partial charge in [-0.15, -0.1) is 0 Å². The summed E-state index contributed by atoms with van der Waals surface area (Å²) in [5.74, 6) is 1.53. The third-order valence-electron chi connectivity index (χ3n) is 3.59. The van der Waals surface area contributed by atoms with Gasteiger partial charge in [-0.05, 0) is 30.7 Å². The molecule has 114 valence electrons. The molecule has 2 heterocycles. The van der Waals surface area contributed by atoms with Crippen molar-refractivity contribution in [1.29, 1.82) is 0 Å². The van der Waals surface area contributed by atoms with Gasteiger partial charge in [0.15, 0.2) is 0 Å². The highest BCUT2D eigenvalue weighted by molar-refractivity contribution is 5.94. The Hall–Kier alpha value is -2.53. The number of anilines is 1. The van der Waals surface area contributed by atoms with Crippen LogP contribution in [0.4, 0.5) is 5.69 Å². The molecular weight excluding hydrogens is 280 g/mol. The Morgan fingerprint density at radius 3 is 2.91 bits per heavy atom. The maximum Gasteiger partial charge on any atom is 0.145 e. The Morgan fingerprint density at radius 1 is 1.27 bits per heavy atom. The number of aromatic nitrogens is 1. The first-order chi connectivity index (χ1) is 10.8. The number of nitrogens with zero attached hydrogens (tertiary/aromatic N) is 1. The Bertz CT molecular complexity index is 741. The van der Waals surface area contributed by atoms with E-state index in [-0.39, 0.29) is 12.6 Å². The lowest BCUT2D eigenvalue weighted by molar-refractivity contribution is 0.273. The van der Waals surface area contributed by atoms with Crippen molar-refractivity contribution in [3.63, 3.8) is 0 Å². The van der Waals surface area contributed by atoms with Gasteiger partial charge in [0.2, 0.25) is 0 Å². The SMILES string of the molecule is COc1cccc2c(NC(CCO)c3ccco3)ccnc12. The molecule has 0 aliphatic rings. The fraction of sp³-hybridized carbons (Fsp3) is 0.235. The van der Waals surface area contributed by atoms with Crippen molar-refractivity contribution >= 4 is 16.6 Å². The summed E-state index contributed by atoms with van der Waals surface area (Å²) in [6, 6.07) is 11.4. The zero-order valence-corrected chi connectivity index (χ0v) is 12.3. The summed E-state index contributed by atoms with van der Waals surface area (Å²) in [4.78, 5) is 4.39. The smallest absolute Gasteiger partial charge is 0.145 e. The number of hydrogen-bond acceptors (Lipinski definition) is 5. The summed E-state index contributed by atoms with van der Waals surface area (Å²) in [7, 11) is 1.63. The minimum absolute atomic E-state index is 0.0741. The molecule has 0 fully saturated rings. The van der Waals surface area contributed by atoms with Gasteiger partial charge in [-0.2, -0.15) is 0 Å².